The van der Waals surface area contributed by atoms with Gasteiger partial charge in [-0.3, -0.25) is 9.69 Å². The van der Waals surface area contributed by atoms with Crippen molar-refractivity contribution >= 4 is 17.6 Å². The summed E-state index contributed by atoms with van der Waals surface area (Å²) in [7, 11) is 1.55. The maximum atomic E-state index is 13.4. The lowest BCUT2D eigenvalue weighted by Gasteiger charge is -2.35. The van der Waals surface area contributed by atoms with E-state index in [9.17, 15) is 9.59 Å². The van der Waals surface area contributed by atoms with Gasteiger partial charge in [0.1, 0.15) is 18.1 Å². The largest absolute Gasteiger partial charge is 0.495 e. The van der Waals surface area contributed by atoms with Crippen LogP contribution in [0.25, 0.3) is 0 Å². The van der Waals surface area contributed by atoms with E-state index in [-0.39, 0.29) is 11.9 Å². The number of carbonyl (C=O) groups is 2. The predicted molar refractivity (Wildman–Crippen MR) is 120 cm³/mol. The zero-order valence-corrected chi connectivity index (χ0v) is 18.0. The van der Waals surface area contributed by atoms with E-state index in [1.165, 1.54) is 0 Å². The van der Waals surface area contributed by atoms with Crippen LogP contribution in [0.15, 0.2) is 72.5 Å². The molecule has 0 aromatic heterocycles. The number of hydrogen-bond donors (Lipinski definition) is 2. The molecule has 2 aromatic rings. The van der Waals surface area contributed by atoms with E-state index in [2.05, 4.69) is 17.2 Å². The Labute approximate surface area is 182 Å². The van der Waals surface area contributed by atoms with Crippen LogP contribution in [0.1, 0.15) is 25.5 Å². The van der Waals surface area contributed by atoms with Crippen molar-refractivity contribution in [1.82, 2.24) is 10.2 Å². The first-order chi connectivity index (χ1) is 15.0. The molecule has 2 aromatic carbocycles. The van der Waals surface area contributed by atoms with Gasteiger partial charge in [0.15, 0.2) is 0 Å². The van der Waals surface area contributed by atoms with Crippen molar-refractivity contribution in [3.8, 4) is 11.5 Å². The van der Waals surface area contributed by atoms with E-state index < -0.39 is 6.04 Å². The summed E-state index contributed by atoms with van der Waals surface area (Å²) in [5.41, 5.74) is 2.35. The summed E-state index contributed by atoms with van der Waals surface area (Å²) in [6, 6.07) is 13.6. The van der Waals surface area contributed by atoms with E-state index in [0.29, 0.717) is 41.6 Å². The van der Waals surface area contributed by atoms with Crippen molar-refractivity contribution in [1.29, 1.82) is 0 Å². The van der Waals surface area contributed by atoms with Gasteiger partial charge in [-0.05, 0) is 43.7 Å². The number of benzene rings is 2. The molecule has 0 aliphatic carbocycles. The minimum atomic E-state index is -0.628. The smallest absolute Gasteiger partial charge is 0.322 e. The molecule has 3 rings (SSSR count). The molecule has 0 bridgehead atoms. The van der Waals surface area contributed by atoms with Crippen molar-refractivity contribution < 1.29 is 19.1 Å². The third-order valence-corrected chi connectivity index (χ3v) is 5.07. The summed E-state index contributed by atoms with van der Waals surface area (Å²) in [6.07, 6.45) is 1.66. The minimum Gasteiger partial charge on any atom is -0.495 e. The van der Waals surface area contributed by atoms with Gasteiger partial charge >= 0.3 is 6.03 Å². The lowest BCUT2D eigenvalue weighted by molar-refractivity contribution is -0.113. The van der Waals surface area contributed by atoms with Crippen LogP contribution >= 0.6 is 0 Å². The second-order valence-corrected chi connectivity index (χ2v) is 6.95. The first kappa shape index (κ1) is 22.0. The number of anilines is 1. The van der Waals surface area contributed by atoms with Gasteiger partial charge in [-0.15, -0.1) is 0 Å². The lowest BCUT2D eigenvalue weighted by atomic mass is 9.94. The van der Waals surface area contributed by atoms with E-state index in [4.69, 9.17) is 9.47 Å². The maximum Gasteiger partial charge on any atom is 0.322 e. The highest BCUT2D eigenvalue weighted by Gasteiger charge is 2.35. The number of para-hydroxylation sites is 2. The first-order valence-corrected chi connectivity index (χ1v) is 10.1. The summed E-state index contributed by atoms with van der Waals surface area (Å²) in [5.74, 6) is 0.868. The number of methoxy groups -OCH3 is 1. The number of allylic oxidation sites excluding steroid dienone is 1. The van der Waals surface area contributed by atoms with E-state index >= 15 is 0 Å². The molecule has 0 saturated heterocycles. The molecule has 1 aliphatic heterocycles. The van der Waals surface area contributed by atoms with Crippen LogP contribution in [0.2, 0.25) is 0 Å². The molecule has 2 N–H and O–H groups in total. The molecule has 7 heteroatoms. The van der Waals surface area contributed by atoms with E-state index in [1.54, 1.807) is 37.1 Å². The van der Waals surface area contributed by atoms with Crippen molar-refractivity contribution in [2.75, 3.05) is 25.6 Å². The normalized spacial score (nSPS) is 15.9. The average Bonchev–Trinajstić information content (AvgIpc) is 2.78. The molecule has 162 valence electrons. The van der Waals surface area contributed by atoms with Crippen LogP contribution in [-0.4, -0.2) is 37.1 Å². The quantitative estimate of drug-likeness (QED) is 0.624. The van der Waals surface area contributed by atoms with Gasteiger partial charge in [0, 0.05) is 12.2 Å². The molecule has 3 amide bonds. The van der Waals surface area contributed by atoms with Crippen LogP contribution in [0.3, 0.4) is 0 Å². The molecular weight excluding hydrogens is 394 g/mol. The number of hydrogen-bond acceptors (Lipinski definition) is 4. The van der Waals surface area contributed by atoms with E-state index in [1.807, 2.05) is 43.3 Å². The van der Waals surface area contributed by atoms with Gasteiger partial charge in [-0.1, -0.05) is 36.9 Å². The Bertz CT molecular complexity index is 1020. The monoisotopic (exact) mass is 421 g/mol. The van der Waals surface area contributed by atoms with Crippen LogP contribution in [-0.2, 0) is 4.79 Å². The van der Waals surface area contributed by atoms with Crippen LogP contribution in [0.5, 0.6) is 11.5 Å². The Morgan fingerprint density at radius 1 is 1.26 bits per heavy atom. The van der Waals surface area contributed by atoms with Crippen molar-refractivity contribution in [2.24, 2.45) is 0 Å². The summed E-state index contributed by atoms with van der Waals surface area (Å²) in [6.45, 7) is 8.11. The number of amides is 3. The molecule has 1 atom stereocenters. The highest BCUT2D eigenvalue weighted by atomic mass is 16.5. The number of nitrogens with one attached hydrogen (secondary N) is 2. The first-order valence-electron chi connectivity index (χ1n) is 10.1. The number of ether oxygens (including phenoxy) is 2. The van der Waals surface area contributed by atoms with Crippen LogP contribution in [0.4, 0.5) is 10.5 Å². The fourth-order valence-electron chi connectivity index (χ4n) is 3.58. The van der Waals surface area contributed by atoms with Crippen molar-refractivity contribution in [3.63, 3.8) is 0 Å². The highest BCUT2D eigenvalue weighted by molar-refractivity contribution is 6.07. The standard InChI is InChI=1S/C24H27N3O4/c1-5-14-31-18-11-9-10-17(15-18)22-21(16(3)27(6-2)24(29)26-22)23(28)25-19-12-7-8-13-20(19)30-4/h5,7-13,15,22H,1,6,14H2,2-4H3,(H,25,28)(H,26,29)/t22-/m1/s1. The fourth-order valence-corrected chi connectivity index (χ4v) is 3.58. The summed E-state index contributed by atoms with van der Waals surface area (Å²) < 4.78 is 11.0. The molecule has 7 nitrogen and oxygen atoms in total. The minimum absolute atomic E-state index is 0.253. The molecule has 0 radical (unpaired) electrons. The van der Waals surface area contributed by atoms with Gasteiger partial charge < -0.3 is 20.1 Å². The SMILES string of the molecule is C=CCOc1cccc([C@H]2NC(=O)N(CC)C(C)=C2C(=O)Nc2ccccc2OC)c1. The molecular formula is C24H27N3O4. The number of urea groups is 1. The Balaban J connectivity index is 2.01. The number of nitrogens with zero attached hydrogens (tertiary/aromatic N) is 1. The third kappa shape index (κ3) is 4.71. The molecule has 1 heterocycles. The number of rotatable bonds is 8. The van der Waals surface area contributed by atoms with Crippen molar-refractivity contribution in [2.45, 2.75) is 19.9 Å². The van der Waals surface area contributed by atoms with Crippen LogP contribution in [0, 0.1) is 0 Å². The van der Waals surface area contributed by atoms with Gasteiger partial charge in [0.25, 0.3) is 5.91 Å². The summed E-state index contributed by atoms with van der Waals surface area (Å²) >= 11 is 0. The Hall–Kier alpha value is -3.74. The Kier molecular flexibility index (Phi) is 6.97. The molecule has 31 heavy (non-hydrogen) atoms. The molecule has 0 fully saturated rings. The van der Waals surface area contributed by atoms with Gasteiger partial charge in [-0.25, -0.2) is 4.79 Å². The Morgan fingerprint density at radius 2 is 2.03 bits per heavy atom. The summed E-state index contributed by atoms with van der Waals surface area (Å²) in [5, 5.41) is 5.88. The zero-order chi connectivity index (χ0) is 22.4. The van der Waals surface area contributed by atoms with Crippen LogP contribution < -0.4 is 20.1 Å². The predicted octanol–water partition coefficient (Wildman–Crippen LogP) is 4.26. The second-order valence-electron chi connectivity index (χ2n) is 6.95. The number of carbonyl (C=O) groups excluding carboxylic acids is 2. The highest BCUT2D eigenvalue weighted by Crippen LogP contribution is 2.33. The second kappa shape index (κ2) is 9.84. The Morgan fingerprint density at radius 3 is 2.74 bits per heavy atom. The topological polar surface area (TPSA) is 79.9 Å². The third-order valence-electron chi connectivity index (χ3n) is 5.07. The molecule has 1 aliphatic rings. The average molecular weight is 421 g/mol. The summed E-state index contributed by atoms with van der Waals surface area (Å²) in [4.78, 5) is 27.6. The van der Waals surface area contributed by atoms with Gasteiger partial charge in [0.2, 0.25) is 0 Å². The fraction of sp³-hybridized carbons (Fsp3) is 0.250. The molecule has 0 saturated carbocycles. The van der Waals surface area contributed by atoms with E-state index in [0.717, 1.165) is 5.56 Å². The molecule has 0 unspecified atom stereocenters. The molecule has 0 spiro atoms. The zero-order valence-electron chi connectivity index (χ0n) is 18.0. The van der Waals surface area contributed by atoms with Gasteiger partial charge in [-0.2, -0.15) is 0 Å². The lowest BCUT2D eigenvalue weighted by Crippen LogP contribution is -2.48. The maximum absolute atomic E-state index is 13.4. The van der Waals surface area contributed by atoms with Crippen molar-refractivity contribution in [3.05, 3.63) is 78.0 Å². The van der Waals surface area contributed by atoms with Gasteiger partial charge in [0.05, 0.1) is 24.4 Å².